The Labute approximate surface area is 244 Å². The monoisotopic (exact) mass is 602 g/mol. The molecule has 0 saturated carbocycles. The average molecular weight is 603 g/mol. The van der Waals surface area contributed by atoms with E-state index in [9.17, 15) is 27.7 Å². The van der Waals surface area contributed by atoms with Gasteiger partial charge in [-0.1, -0.05) is 0 Å². The zero-order chi connectivity index (χ0) is 30.0. The van der Waals surface area contributed by atoms with Crippen LogP contribution in [0.5, 0.6) is 11.5 Å². The number of nitrogens with zero attached hydrogens (tertiary/aromatic N) is 4. The van der Waals surface area contributed by atoms with Crippen molar-refractivity contribution in [1.29, 1.82) is 0 Å². The van der Waals surface area contributed by atoms with E-state index in [-0.39, 0.29) is 51.0 Å². The summed E-state index contributed by atoms with van der Waals surface area (Å²) in [5, 5.41) is 16.5. The lowest BCUT2D eigenvalue weighted by atomic mass is 10.1. The number of hydrogen-bond donors (Lipinski definition) is 3. The summed E-state index contributed by atoms with van der Waals surface area (Å²) in [7, 11) is 1.62. The predicted molar refractivity (Wildman–Crippen MR) is 153 cm³/mol. The van der Waals surface area contributed by atoms with Gasteiger partial charge in [-0.25, -0.2) is 17.9 Å². The van der Waals surface area contributed by atoms with E-state index >= 15 is 0 Å². The molecule has 3 heterocycles. The number of nitrogens with one attached hydrogen (secondary N) is 2. The van der Waals surface area contributed by atoms with Crippen molar-refractivity contribution in [3.8, 4) is 22.8 Å². The lowest BCUT2D eigenvalue weighted by Crippen LogP contribution is -2.49. The molecule has 2 aliphatic rings. The normalized spacial score (nSPS) is 17.2. The van der Waals surface area contributed by atoms with E-state index in [1.54, 1.807) is 4.90 Å². The van der Waals surface area contributed by atoms with Gasteiger partial charge in [0.2, 0.25) is 5.82 Å². The second-order valence-corrected chi connectivity index (χ2v) is 11.8. The van der Waals surface area contributed by atoms with Crippen LogP contribution >= 0.6 is 0 Å². The number of hydrogen-bond acceptors (Lipinski definition) is 7. The topological polar surface area (TPSA) is 129 Å². The van der Waals surface area contributed by atoms with Crippen molar-refractivity contribution in [2.24, 2.45) is 7.05 Å². The quantitative estimate of drug-likeness (QED) is 0.379. The van der Waals surface area contributed by atoms with Crippen LogP contribution in [0.25, 0.3) is 11.3 Å². The fourth-order valence-corrected chi connectivity index (χ4v) is 6.78. The fraction of sp³-hybridized carbons (Fsp3) is 0.393. The first-order chi connectivity index (χ1) is 20.2. The molecular weight excluding hydrogens is 570 g/mol. The summed E-state index contributed by atoms with van der Waals surface area (Å²) in [5.74, 6) is -3.92. The molecule has 14 heteroatoms. The molecule has 2 aromatic carbocycles. The second kappa shape index (κ2) is 12.5. The van der Waals surface area contributed by atoms with Crippen molar-refractivity contribution in [2.75, 3.05) is 51.7 Å². The van der Waals surface area contributed by atoms with Gasteiger partial charge in [0, 0.05) is 63.6 Å². The van der Waals surface area contributed by atoms with Gasteiger partial charge in [0.1, 0.15) is 5.75 Å². The second-order valence-electron chi connectivity index (χ2n) is 10.1. The molecule has 5 rings (SSSR count). The molecule has 2 fully saturated rings. The molecular formula is C28H32F2N6O5S. The number of imidazole rings is 1. The number of rotatable bonds is 7. The average Bonchev–Trinajstić information content (AvgIpc) is 3.39. The number of anilines is 1. The Balaban J connectivity index is 1.22. The highest BCUT2D eigenvalue weighted by molar-refractivity contribution is 7.83. The summed E-state index contributed by atoms with van der Waals surface area (Å²) in [6.07, 6.45) is 2.47. The van der Waals surface area contributed by atoms with Crippen molar-refractivity contribution in [2.45, 2.75) is 18.1 Å². The number of benzene rings is 2. The van der Waals surface area contributed by atoms with Crippen LogP contribution in [0.1, 0.15) is 33.8 Å². The highest BCUT2D eigenvalue weighted by Gasteiger charge is 2.31. The molecule has 3 N–H and O–H groups in total. The third kappa shape index (κ3) is 5.87. The molecule has 42 heavy (non-hydrogen) atoms. The number of phenols is 1. The van der Waals surface area contributed by atoms with E-state index in [1.165, 1.54) is 55.3 Å². The summed E-state index contributed by atoms with van der Waals surface area (Å²) < 4.78 is 49.9. The number of carbonyl (C=O) groups excluding carboxylic acids is 2. The minimum Gasteiger partial charge on any atom is -0.507 e. The molecule has 1 aromatic heterocycles. The molecule has 0 spiro atoms. The maximum Gasteiger partial charge on any atom is 0.291 e. The largest absolute Gasteiger partial charge is 0.507 e. The highest BCUT2D eigenvalue weighted by Crippen LogP contribution is 2.31. The first-order valence-electron chi connectivity index (χ1n) is 13.5. The Morgan fingerprint density at radius 2 is 1.81 bits per heavy atom. The third-order valence-corrected chi connectivity index (χ3v) is 9.48. The zero-order valence-electron chi connectivity index (χ0n) is 23.2. The molecule has 3 aromatic rings. The first-order valence-corrected chi connectivity index (χ1v) is 14.7. The first kappa shape index (κ1) is 29.6. The van der Waals surface area contributed by atoms with Crippen molar-refractivity contribution in [1.82, 2.24) is 24.1 Å². The number of amides is 2. The van der Waals surface area contributed by atoms with Crippen LogP contribution < -0.4 is 15.4 Å². The van der Waals surface area contributed by atoms with Crippen LogP contribution in [0, 0.1) is 11.6 Å². The standard InChI is InChI=1S/C28H32F2N6O5S/c1-34-21(19-5-6-23(41-2)25(30)24(19)29)16-32-26(34)27(38)33-17-3-4-20(22(37)15-17)28(39)35-11-7-18(8-12-35)42(40)36-13-9-31-10-14-36/h3-6,15-16,18,31,37H,7-14H2,1-2H3,(H,33,38). The van der Waals surface area contributed by atoms with E-state index < -0.39 is 28.5 Å². The van der Waals surface area contributed by atoms with Gasteiger partial charge < -0.3 is 29.9 Å². The summed E-state index contributed by atoms with van der Waals surface area (Å²) in [5.41, 5.74) is 0.377. The Bertz CT molecular complexity index is 1520. The molecule has 0 radical (unpaired) electrons. The number of piperazine rings is 1. The minimum atomic E-state index is -1.15. The number of carbonyl (C=O) groups is 2. The summed E-state index contributed by atoms with van der Waals surface area (Å²) >= 11 is 0. The Kier molecular flexibility index (Phi) is 8.85. The van der Waals surface area contributed by atoms with Crippen LogP contribution in [0.2, 0.25) is 0 Å². The molecule has 224 valence electrons. The van der Waals surface area contributed by atoms with Gasteiger partial charge in [-0.15, -0.1) is 0 Å². The summed E-state index contributed by atoms with van der Waals surface area (Å²) in [6, 6.07) is 6.79. The van der Waals surface area contributed by atoms with Crippen LogP contribution in [-0.2, 0) is 18.0 Å². The van der Waals surface area contributed by atoms with Gasteiger partial charge in [0.25, 0.3) is 11.8 Å². The van der Waals surface area contributed by atoms with Crippen LogP contribution in [0.4, 0.5) is 14.5 Å². The van der Waals surface area contributed by atoms with Gasteiger partial charge >= 0.3 is 0 Å². The van der Waals surface area contributed by atoms with Gasteiger partial charge in [0.15, 0.2) is 17.4 Å². The summed E-state index contributed by atoms with van der Waals surface area (Å²) in [6.45, 7) is 3.97. The summed E-state index contributed by atoms with van der Waals surface area (Å²) in [4.78, 5) is 31.8. The molecule has 11 nitrogen and oxygen atoms in total. The fourth-order valence-electron chi connectivity index (χ4n) is 5.20. The number of ether oxygens (including phenoxy) is 1. The van der Waals surface area contributed by atoms with E-state index in [4.69, 9.17) is 4.74 Å². The molecule has 1 unspecified atom stereocenters. The predicted octanol–water partition coefficient (Wildman–Crippen LogP) is 2.51. The van der Waals surface area contributed by atoms with Gasteiger partial charge in [0.05, 0.1) is 40.8 Å². The third-order valence-electron chi connectivity index (χ3n) is 7.56. The number of aromatic hydroxyl groups is 1. The van der Waals surface area contributed by atoms with E-state index in [1.807, 2.05) is 4.31 Å². The van der Waals surface area contributed by atoms with Crippen molar-refractivity contribution in [3.63, 3.8) is 0 Å². The number of halogens is 2. The van der Waals surface area contributed by atoms with E-state index in [0.29, 0.717) is 25.9 Å². The number of phenolic OH excluding ortho intramolecular Hbond substituents is 1. The Morgan fingerprint density at radius 1 is 1.10 bits per heavy atom. The van der Waals surface area contributed by atoms with Gasteiger partial charge in [-0.2, -0.15) is 4.39 Å². The maximum atomic E-state index is 14.6. The Hall–Kier alpha value is -3.88. The van der Waals surface area contributed by atoms with Crippen LogP contribution in [0.15, 0.2) is 36.5 Å². The highest BCUT2D eigenvalue weighted by atomic mass is 32.2. The zero-order valence-corrected chi connectivity index (χ0v) is 24.0. The lowest BCUT2D eigenvalue weighted by molar-refractivity contribution is 0.0722. The van der Waals surface area contributed by atoms with Crippen molar-refractivity contribution in [3.05, 3.63) is 59.6 Å². The van der Waals surface area contributed by atoms with Gasteiger partial charge in [-0.3, -0.25) is 9.59 Å². The Morgan fingerprint density at radius 3 is 2.48 bits per heavy atom. The maximum absolute atomic E-state index is 14.6. The number of methoxy groups -OCH3 is 1. The lowest BCUT2D eigenvalue weighted by Gasteiger charge is -2.35. The smallest absolute Gasteiger partial charge is 0.291 e. The van der Waals surface area contributed by atoms with Gasteiger partial charge in [-0.05, 0) is 37.1 Å². The number of aromatic nitrogens is 2. The molecule has 2 saturated heterocycles. The van der Waals surface area contributed by atoms with Crippen molar-refractivity contribution >= 4 is 28.5 Å². The van der Waals surface area contributed by atoms with Crippen LogP contribution in [-0.4, -0.2) is 91.5 Å². The number of piperidine rings is 1. The SMILES string of the molecule is COc1ccc(-c2cnc(C(=O)Nc3ccc(C(=O)N4CCC(S(=O)N5CCNCC5)CC4)c(O)c3)n2C)c(F)c1F. The molecule has 0 aliphatic carbocycles. The minimum absolute atomic E-state index is 0.00906. The van der Waals surface area contributed by atoms with Crippen molar-refractivity contribution < 1.29 is 32.4 Å². The van der Waals surface area contributed by atoms with Crippen LogP contribution in [0.3, 0.4) is 0 Å². The van der Waals surface area contributed by atoms with E-state index in [0.717, 1.165) is 26.2 Å². The number of likely N-dealkylation sites (tertiary alicyclic amines) is 1. The molecule has 2 amide bonds. The molecule has 2 aliphatic heterocycles. The van der Waals surface area contributed by atoms with E-state index in [2.05, 4.69) is 15.6 Å². The molecule has 0 bridgehead atoms. The molecule has 1 atom stereocenters.